The van der Waals surface area contributed by atoms with Crippen molar-refractivity contribution in [3.8, 4) is 5.75 Å². The maximum absolute atomic E-state index is 12.9. The van der Waals surface area contributed by atoms with Crippen LogP contribution in [0, 0.1) is 19.7 Å². The standard InChI is InChI=1S/C14H16FN3O/c1-10-8-11(2)18-14(17-10)16-6-7-19-13-5-3-4-12(15)9-13/h3-5,8-9H,6-7H2,1-2H3,(H,16,17,18). The van der Waals surface area contributed by atoms with Gasteiger partial charge >= 0.3 is 0 Å². The van der Waals surface area contributed by atoms with E-state index in [0.29, 0.717) is 24.8 Å². The second-order valence-corrected chi connectivity index (χ2v) is 4.21. The summed E-state index contributed by atoms with van der Waals surface area (Å²) in [4.78, 5) is 8.51. The van der Waals surface area contributed by atoms with Crippen LogP contribution >= 0.6 is 0 Å². The first-order chi connectivity index (χ1) is 9.13. The molecule has 0 bridgehead atoms. The summed E-state index contributed by atoms with van der Waals surface area (Å²) >= 11 is 0. The molecular formula is C14H16FN3O. The fourth-order valence-corrected chi connectivity index (χ4v) is 1.69. The maximum Gasteiger partial charge on any atom is 0.223 e. The van der Waals surface area contributed by atoms with Crippen LogP contribution in [0.25, 0.3) is 0 Å². The Balaban J connectivity index is 1.80. The zero-order chi connectivity index (χ0) is 13.7. The summed E-state index contributed by atoms with van der Waals surface area (Å²) < 4.78 is 18.3. The van der Waals surface area contributed by atoms with Crippen molar-refractivity contribution in [2.45, 2.75) is 13.8 Å². The highest BCUT2D eigenvalue weighted by Crippen LogP contribution is 2.11. The predicted octanol–water partition coefficient (Wildman–Crippen LogP) is 2.72. The van der Waals surface area contributed by atoms with Gasteiger partial charge in [0.2, 0.25) is 5.95 Å². The summed E-state index contributed by atoms with van der Waals surface area (Å²) in [5, 5.41) is 3.07. The van der Waals surface area contributed by atoms with Crippen molar-refractivity contribution in [1.82, 2.24) is 9.97 Å². The summed E-state index contributed by atoms with van der Waals surface area (Å²) in [5.41, 5.74) is 1.84. The van der Waals surface area contributed by atoms with E-state index < -0.39 is 0 Å². The molecule has 0 fully saturated rings. The van der Waals surface area contributed by atoms with Gasteiger partial charge in [-0.1, -0.05) is 6.07 Å². The fraction of sp³-hybridized carbons (Fsp3) is 0.286. The van der Waals surface area contributed by atoms with E-state index in [1.165, 1.54) is 12.1 Å². The van der Waals surface area contributed by atoms with Gasteiger partial charge < -0.3 is 10.1 Å². The molecule has 0 atom stereocenters. The van der Waals surface area contributed by atoms with Crippen LogP contribution in [0.15, 0.2) is 30.3 Å². The number of anilines is 1. The molecule has 0 saturated heterocycles. The number of rotatable bonds is 5. The Morgan fingerprint density at radius 3 is 2.58 bits per heavy atom. The predicted molar refractivity (Wildman–Crippen MR) is 71.9 cm³/mol. The van der Waals surface area contributed by atoms with Crippen molar-refractivity contribution in [2.75, 3.05) is 18.5 Å². The molecule has 5 heteroatoms. The smallest absolute Gasteiger partial charge is 0.223 e. The van der Waals surface area contributed by atoms with Crippen molar-refractivity contribution < 1.29 is 9.13 Å². The molecule has 0 aliphatic rings. The van der Waals surface area contributed by atoms with E-state index in [2.05, 4.69) is 15.3 Å². The van der Waals surface area contributed by atoms with E-state index in [-0.39, 0.29) is 5.82 Å². The first-order valence-corrected chi connectivity index (χ1v) is 6.08. The van der Waals surface area contributed by atoms with Crippen molar-refractivity contribution >= 4 is 5.95 Å². The van der Waals surface area contributed by atoms with E-state index in [0.717, 1.165) is 11.4 Å². The third-order valence-corrected chi connectivity index (χ3v) is 2.43. The first kappa shape index (κ1) is 13.3. The van der Waals surface area contributed by atoms with Crippen LogP contribution in [-0.4, -0.2) is 23.1 Å². The van der Waals surface area contributed by atoms with Gasteiger partial charge in [-0.15, -0.1) is 0 Å². The Morgan fingerprint density at radius 1 is 1.16 bits per heavy atom. The van der Waals surface area contributed by atoms with E-state index in [1.54, 1.807) is 12.1 Å². The molecular weight excluding hydrogens is 245 g/mol. The number of benzene rings is 1. The molecule has 1 N–H and O–H groups in total. The van der Waals surface area contributed by atoms with Crippen LogP contribution in [0.5, 0.6) is 5.75 Å². The minimum absolute atomic E-state index is 0.303. The molecule has 4 nitrogen and oxygen atoms in total. The van der Waals surface area contributed by atoms with Crippen LogP contribution in [0.4, 0.5) is 10.3 Å². The van der Waals surface area contributed by atoms with Gasteiger partial charge in [0.15, 0.2) is 0 Å². The van der Waals surface area contributed by atoms with Gasteiger partial charge in [0.05, 0.1) is 6.54 Å². The molecule has 0 aliphatic carbocycles. The molecule has 2 rings (SSSR count). The summed E-state index contributed by atoms with van der Waals surface area (Å²) in [6, 6.07) is 7.98. The van der Waals surface area contributed by atoms with Crippen molar-refractivity contribution in [3.63, 3.8) is 0 Å². The Hall–Kier alpha value is -2.17. The van der Waals surface area contributed by atoms with E-state index in [9.17, 15) is 4.39 Å². The highest BCUT2D eigenvalue weighted by Gasteiger charge is 1.99. The summed E-state index contributed by atoms with van der Waals surface area (Å²) in [6.45, 7) is 4.81. The van der Waals surface area contributed by atoms with E-state index >= 15 is 0 Å². The molecule has 19 heavy (non-hydrogen) atoms. The highest BCUT2D eigenvalue weighted by atomic mass is 19.1. The number of aromatic nitrogens is 2. The van der Waals surface area contributed by atoms with Crippen molar-refractivity contribution in [2.24, 2.45) is 0 Å². The lowest BCUT2D eigenvalue weighted by atomic mass is 10.3. The van der Waals surface area contributed by atoms with Crippen LogP contribution in [0.2, 0.25) is 0 Å². The van der Waals surface area contributed by atoms with Crippen LogP contribution < -0.4 is 10.1 Å². The van der Waals surface area contributed by atoms with Gasteiger partial charge in [-0.25, -0.2) is 14.4 Å². The largest absolute Gasteiger partial charge is 0.492 e. The Kier molecular flexibility index (Phi) is 4.28. The Labute approximate surface area is 111 Å². The molecule has 1 aromatic carbocycles. The molecule has 1 heterocycles. The lowest BCUT2D eigenvalue weighted by molar-refractivity contribution is 0.330. The van der Waals surface area contributed by atoms with Crippen LogP contribution in [0.3, 0.4) is 0 Å². The highest BCUT2D eigenvalue weighted by molar-refractivity contribution is 5.27. The zero-order valence-electron chi connectivity index (χ0n) is 11.0. The quantitative estimate of drug-likeness (QED) is 0.841. The summed E-state index contributed by atoms with van der Waals surface area (Å²) in [7, 11) is 0. The minimum Gasteiger partial charge on any atom is -0.492 e. The summed E-state index contributed by atoms with van der Waals surface area (Å²) in [5.74, 6) is 0.798. The number of aryl methyl sites for hydroxylation is 2. The molecule has 0 spiro atoms. The summed E-state index contributed by atoms with van der Waals surface area (Å²) in [6.07, 6.45) is 0. The van der Waals surface area contributed by atoms with E-state index in [4.69, 9.17) is 4.74 Å². The number of nitrogens with zero attached hydrogens (tertiary/aromatic N) is 2. The van der Waals surface area contributed by atoms with Gasteiger partial charge in [0.1, 0.15) is 18.2 Å². The Bertz CT molecular complexity index is 540. The van der Waals surface area contributed by atoms with Gasteiger partial charge in [-0.3, -0.25) is 0 Å². The van der Waals surface area contributed by atoms with Gasteiger partial charge in [-0.05, 0) is 32.0 Å². The minimum atomic E-state index is -0.303. The second kappa shape index (κ2) is 6.13. The maximum atomic E-state index is 12.9. The third kappa shape index (κ3) is 4.21. The molecule has 0 aliphatic heterocycles. The van der Waals surface area contributed by atoms with Gasteiger partial charge in [0.25, 0.3) is 0 Å². The average molecular weight is 261 g/mol. The van der Waals surface area contributed by atoms with Gasteiger partial charge in [-0.2, -0.15) is 0 Å². The SMILES string of the molecule is Cc1cc(C)nc(NCCOc2cccc(F)c2)n1. The number of hydrogen-bond acceptors (Lipinski definition) is 4. The van der Waals surface area contributed by atoms with E-state index in [1.807, 2.05) is 19.9 Å². The van der Waals surface area contributed by atoms with Crippen molar-refractivity contribution in [3.05, 3.63) is 47.5 Å². The first-order valence-electron chi connectivity index (χ1n) is 6.08. The molecule has 0 radical (unpaired) electrons. The molecule has 100 valence electrons. The number of halogens is 1. The third-order valence-electron chi connectivity index (χ3n) is 2.43. The van der Waals surface area contributed by atoms with Gasteiger partial charge in [0, 0.05) is 17.5 Å². The molecule has 0 saturated carbocycles. The molecule has 0 unspecified atom stereocenters. The molecule has 1 aromatic heterocycles. The van der Waals surface area contributed by atoms with Crippen LogP contribution in [-0.2, 0) is 0 Å². The molecule has 0 amide bonds. The van der Waals surface area contributed by atoms with Crippen LogP contribution in [0.1, 0.15) is 11.4 Å². The topological polar surface area (TPSA) is 47.0 Å². The monoisotopic (exact) mass is 261 g/mol. The average Bonchev–Trinajstić information content (AvgIpc) is 2.34. The number of hydrogen-bond donors (Lipinski definition) is 1. The lowest BCUT2D eigenvalue weighted by Gasteiger charge is -2.08. The normalized spacial score (nSPS) is 10.3. The number of nitrogens with one attached hydrogen (secondary N) is 1. The Morgan fingerprint density at radius 2 is 1.89 bits per heavy atom. The lowest BCUT2D eigenvalue weighted by Crippen LogP contribution is -2.14. The van der Waals surface area contributed by atoms with Crippen molar-refractivity contribution in [1.29, 1.82) is 0 Å². The second-order valence-electron chi connectivity index (χ2n) is 4.21. The molecule has 2 aromatic rings. The zero-order valence-corrected chi connectivity index (χ0v) is 11.0. The number of ether oxygens (including phenoxy) is 1. The fourth-order valence-electron chi connectivity index (χ4n) is 1.69.